The minimum Gasteiger partial charge on any atom is -0.480 e. The zero-order valence-corrected chi connectivity index (χ0v) is 22.8. The average Bonchev–Trinajstić information content (AvgIpc) is 2.84. The largest absolute Gasteiger partial charge is 0.480 e. The average molecular weight is 544 g/mol. The Bertz CT molecular complexity index is 760. The number of hydrogen-bond acceptors (Lipinski definition) is 8. The lowest BCUT2D eigenvalue weighted by atomic mass is 10.0. The zero-order chi connectivity index (χ0) is 29.1. The molecule has 14 heteroatoms. The second-order valence-corrected chi connectivity index (χ2v) is 9.78. The lowest BCUT2D eigenvalue weighted by molar-refractivity contribution is -0.142. The number of carboxylic acids is 1. The van der Waals surface area contributed by atoms with Gasteiger partial charge in [-0.3, -0.25) is 19.4 Å². The Morgan fingerprint density at radius 3 is 1.76 bits per heavy atom. The van der Waals surface area contributed by atoms with Gasteiger partial charge in [0.05, 0.1) is 6.04 Å². The van der Waals surface area contributed by atoms with Gasteiger partial charge < -0.3 is 49.7 Å². The molecule has 0 aliphatic rings. The number of carbonyl (C=O) groups is 4. The van der Waals surface area contributed by atoms with Gasteiger partial charge in [0.1, 0.15) is 18.1 Å². The van der Waals surface area contributed by atoms with Gasteiger partial charge in [0.25, 0.3) is 0 Å². The quantitative estimate of drug-likeness (QED) is 0.0445. The van der Waals surface area contributed by atoms with E-state index in [1.807, 2.05) is 13.8 Å². The Hall–Kier alpha value is -2.97. The fourth-order valence-corrected chi connectivity index (χ4v) is 3.69. The second kappa shape index (κ2) is 20.1. The van der Waals surface area contributed by atoms with Gasteiger partial charge in [-0.2, -0.15) is 0 Å². The van der Waals surface area contributed by atoms with Crippen molar-refractivity contribution in [1.29, 1.82) is 0 Å². The molecule has 14 N–H and O–H groups in total. The Morgan fingerprint density at radius 2 is 1.24 bits per heavy atom. The standard InChI is InChI=1S/C24H49N9O5/c1-15(2)14-19(33-20(34)16(27)8-3-5-11-25)22(36)31-17(10-7-13-30-24(28)29)21(35)32-18(23(37)38)9-4-6-12-26/h15-19H,3-14,25-27H2,1-2H3,(H,31,36)(H,32,35)(H,33,34)(H,37,38)(H4,28,29,30). The summed E-state index contributed by atoms with van der Waals surface area (Å²) < 4.78 is 0. The van der Waals surface area contributed by atoms with Gasteiger partial charge >= 0.3 is 5.97 Å². The Morgan fingerprint density at radius 1 is 0.737 bits per heavy atom. The lowest BCUT2D eigenvalue weighted by Crippen LogP contribution is -2.57. The molecule has 0 aromatic rings. The number of nitrogens with one attached hydrogen (secondary N) is 3. The topological polar surface area (TPSA) is 267 Å². The van der Waals surface area contributed by atoms with E-state index in [1.165, 1.54) is 0 Å². The summed E-state index contributed by atoms with van der Waals surface area (Å²) in [4.78, 5) is 54.5. The molecule has 4 unspecified atom stereocenters. The van der Waals surface area contributed by atoms with Crippen LogP contribution in [-0.2, 0) is 19.2 Å². The summed E-state index contributed by atoms with van der Waals surface area (Å²) in [6.45, 7) is 4.90. The van der Waals surface area contributed by atoms with Gasteiger partial charge in [-0.25, -0.2) is 4.79 Å². The molecule has 0 aromatic heterocycles. The van der Waals surface area contributed by atoms with Crippen LogP contribution < -0.4 is 44.6 Å². The summed E-state index contributed by atoms with van der Waals surface area (Å²) in [5.74, 6) is -2.94. The van der Waals surface area contributed by atoms with Gasteiger partial charge in [0.15, 0.2) is 5.96 Å². The van der Waals surface area contributed by atoms with E-state index in [9.17, 15) is 24.3 Å². The molecule has 0 spiro atoms. The van der Waals surface area contributed by atoms with Crippen molar-refractivity contribution in [3.63, 3.8) is 0 Å². The molecule has 3 amide bonds. The van der Waals surface area contributed by atoms with Crippen molar-refractivity contribution < 1.29 is 24.3 Å². The SMILES string of the molecule is CC(C)CC(NC(=O)C(N)CCCCN)C(=O)NC(CCCN=C(N)N)C(=O)NC(CCCCN)C(=O)O. The number of rotatable bonds is 21. The zero-order valence-electron chi connectivity index (χ0n) is 22.8. The van der Waals surface area contributed by atoms with Crippen LogP contribution >= 0.6 is 0 Å². The predicted molar refractivity (Wildman–Crippen MR) is 147 cm³/mol. The van der Waals surface area contributed by atoms with Crippen molar-refractivity contribution in [2.24, 2.45) is 39.6 Å². The van der Waals surface area contributed by atoms with Crippen molar-refractivity contribution >= 4 is 29.7 Å². The molecule has 38 heavy (non-hydrogen) atoms. The molecule has 4 atom stereocenters. The second-order valence-electron chi connectivity index (χ2n) is 9.78. The molecular weight excluding hydrogens is 494 g/mol. The molecule has 0 heterocycles. The first-order valence-electron chi connectivity index (χ1n) is 13.3. The highest BCUT2D eigenvalue weighted by molar-refractivity contribution is 5.94. The van der Waals surface area contributed by atoms with Crippen molar-refractivity contribution in [3.8, 4) is 0 Å². The van der Waals surface area contributed by atoms with E-state index in [1.54, 1.807) is 0 Å². The Balaban J connectivity index is 5.55. The van der Waals surface area contributed by atoms with E-state index in [2.05, 4.69) is 20.9 Å². The van der Waals surface area contributed by atoms with Crippen LogP contribution in [0.2, 0.25) is 0 Å². The third-order valence-corrected chi connectivity index (χ3v) is 5.79. The molecule has 0 radical (unpaired) electrons. The van der Waals surface area contributed by atoms with Crippen LogP contribution in [0.1, 0.15) is 71.6 Å². The molecule has 0 fully saturated rings. The van der Waals surface area contributed by atoms with Gasteiger partial charge in [0.2, 0.25) is 17.7 Å². The first-order valence-corrected chi connectivity index (χ1v) is 13.3. The number of aliphatic imine (C=N–C) groups is 1. The molecule has 0 saturated carbocycles. The smallest absolute Gasteiger partial charge is 0.326 e. The van der Waals surface area contributed by atoms with Crippen LogP contribution in [0, 0.1) is 5.92 Å². The third-order valence-electron chi connectivity index (χ3n) is 5.79. The summed E-state index contributed by atoms with van der Waals surface area (Å²) in [7, 11) is 0. The molecule has 0 aromatic carbocycles. The normalized spacial score (nSPS) is 14.2. The van der Waals surface area contributed by atoms with Crippen molar-refractivity contribution in [3.05, 3.63) is 0 Å². The van der Waals surface area contributed by atoms with Crippen molar-refractivity contribution in [2.75, 3.05) is 19.6 Å². The van der Waals surface area contributed by atoms with Crippen LogP contribution in [0.4, 0.5) is 0 Å². The van der Waals surface area contributed by atoms with Gasteiger partial charge in [0, 0.05) is 6.54 Å². The fourth-order valence-electron chi connectivity index (χ4n) is 3.69. The van der Waals surface area contributed by atoms with E-state index in [0.717, 1.165) is 6.42 Å². The summed E-state index contributed by atoms with van der Waals surface area (Å²) in [6.07, 6.45) is 3.96. The minimum absolute atomic E-state index is 0.0487. The molecular formula is C24H49N9O5. The van der Waals surface area contributed by atoms with Crippen LogP contribution in [0.25, 0.3) is 0 Å². The Labute approximate surface area is 225 Å². The summed E-state index contributed by atoms with van der Waals surface area (Å²) in [6, 6.07) is -3.94. The fraction of sp³-hybridized carbons (Fsp3) is 0.792. The van der Waals surface area contributed by atoms with E-state index in [-0.39, 0.29) is 31.3 Å². The Kier molecular flexibility index (Phi) is 18.5. The van der Waals surface area contributed by atoms with E-state index < -0.39 is 47.9 Å². The van der Waals surface area contributed by atoms with Gasteiger partial charge in [-0.05, 0) is 70.4 Å². The van der Waals surface area contributed by atoms with Crippen LogP contribution in [0.5, 0.6) is 0 Å². The number of nitrogens with two attached hydrogens (primary N) is 5. The highest BCUT2D eigenvalue weighted by Gasteiger charge is 2.30. The molecule has 14 nitrogen and oxygen atoms in total. The number of carboxylic acid groups (broad SMARTS) is 1. The van der Waals surface area contributed by atoms with E-state index >= 15 is 0 Å². The number of aliphatic carboxylic acids is 1. The third kappa shape index (κ3) is 16.0. The number of nitrogens with zero attached hydrogens (tertiary/aromatic N) is 1. The lowest BCUT2D eigenvalue weighted by Gasteiger charge is -2.26. The van der Waals surface area contributed by atoms with Crippen molar-refractivity contribution in [2.45, 2.75) is 95.8 Å². The number of hydrogen-bond donors (Lipinski definition) is 9. The maximum Gasteiger partial charge on any atom is 0.326 e. The highest BCUT2D eigenvalue weighted by Crippen LogP contribution is 2.09. The molecule has 220 valence electrons. The first kappa shape index (κ1) is 35.0. The molecule has 0 bridgehead atoms. The van der Waals surface area contributed by atoms with Gasteiger partial charge in [-0.15, -0.1) is 0 Å². The summed E-state index contributed by atoms with van der Waals surface area (Å²) in [5.41, 5.74) is 27.6. The minimum atomic E-state index is -1.19. The summed E-state index contributed by atoms with van der Waals surface area (Å²) in [5, 5.41) is 17.4. The van der Waals surface area contributed by atoms with Crippen LogP contribution in [0.15, 0.2) is 4.99 Å². The molecule has 0 rings (SSSR count). The van der Waals surface area contributed by atoms with Crippen molar-refractivity contribution in [1.82, 2.24) is 16.0 Å². The van der Waals surface area contributed by atoms with E-state index in [4.69, 9.17) is 28.7 Å². The number of unbranched alkanes of at least 4 members (excludes halogenated alkanes) is 2. The maximum atomic E-state index is 13.2. The number of amides is 3. The summed E-state index contributed by atoms with van der Waals surface area (Å²) >= 11 is 0. The number of guanidine groups is 1. The monoisotopic (exact) mass is 543 g/mol. The van der Waals surface area contributed by atoms with E-state index in [0.29, 0.717) is 51.6 Å². The van der Waals surface area contributed by atoms with Gasteiger partial charge in [-0.1, -0.05) is 20.3 Å². The maximum absolute atomic E-state index is 13.2. The highest BCUT2D eigenvalue weighted by atomic mass is 16.4. The van der Waals surface area contributed by atoms with Crippen LogP contribution in [0.3, 0.4) is 0 Å². The number of carbonyl (C=O) groups excluding carboxylic acids is 3. The molecule has 0 aliphatic heterocycles. The predicted octanol–water partition coefficient (Wildman–Crippen LogP) is -1.79. The first-order chi connectivity index (χ1) is 17.9. The molecule has 0 aliphatic carbocycles. The van der Waals surface area contributed by atoms with Crippen LogP contribution in [-0.4, -0.2) is 78.6 Å². The molecule has 0 saturated heterocycles.